The number of aryl methyl sites for hydroxylation is 2. The predicted octanol–water partition coefficient (Wildman–Crippen LogP) is 2.42. The van der Waals surface area contributed by atoms with E-state index in [1.165, 1.54) is 0 Å². The Labute approximate surface area is 98.2 Å². The first-order valence-electron chi connectivity index (χ1n) is 4.78. The SMILES string of the molecule is Cc1ccc(C#N)cc1-n1c(C)n[nH]c1=S. The second kappa shape index (κ2) is 3.91. The number of aromatic amines is 1. The number of nitrogens with one attached hydrogen (secondary N) is 1. The van der Waals surface area contributed by atoms with Crippen LogP contribution in [0.15, 0.2) is 18.2 Å². The molecule has 0 saturated carbocycles. The number of nitriles is 1. The van der Waals surface area contributed by atoms with E-state index in [9.17, 15) is 0 Å². The summed E-state index contributed by atoms with van der Waals surface area (Å²) < 4.78 is 2.36. The molecule has 2 aromatic rings. The van der Waals surface area contributed by atoms with Gasteiger partial charge in [-0.3, -0.25) is 9.67 Å². The van der Waals surface area contributed by atoms with Crippen molar-refractivity contribution in [2.24, 2.45) is 0 Å². The summed E-state index contributed by atoms with van der Waals surface area (Å²) in [6, 6.07) is 7.63. The fourth-order valence-electron chi connectivity index (χ4n) is 1.58. The number of aromatic nitrogens is 3. The van der Waals surface area contributed by atoms with Crippen LogP contribution in [-0.2, 0) is 0 Å². The molecule has 0 aliphatic heterocycles. The van der Waals surface area contributed by atoms with Gasteiger partial charge in [0.15, 0.2) is 4.77 Å². The zero-order chi connectivity index (χ0) is 11.7. The number of rotatable bonds is 1. The molecular formula is C11H10N4S. The zero-order valence-corrected chi connectivity index (χ0v) is 9.80. The Bertz CT molecular complexity index is 630. The van der Waals surface area contributed by atoms with Crippen LogP contribution >= 0.6 is 12.2 Å². The minimum absolute atomic E-state index is 0.538. The Hall–Kier alpha value is -1.93. The molecule has 1 N–H and O–H groups in total. The molecule has 4 nitrogen and oxygen atoms in total. The van der Waals surface area contributed by atoms with Crippen molar-refractivity contribution in [1.29, 1.82) is 5.26 Å². The lowest BCUT2D eigenvalue weighted by Crippen LogP contribution is -2.00. The van der Waals surface area contributed by atoms with Crippen LogP contribution in [0.3, 0.4) is 0 Å². The van der Waals surface area contributed by atoms with Gasteiger partial charge in [0.2, 0.25) is 0 Å². The quantitative estimate of drug-likeness (QED) is 0.765. The summed E-state index contributed by atoms with van der Waals surface area (Å²) in [5, 5.41) is 15.7. The Balaban J connectivity index is 2.74. The highest BCUT2D eigenvalue weighted by Gasteiger charge is 2.07. The van der Waals surface area contributed by atoms with Crippen molar-refractivity contribution in [3.63, 3.8) is 0 Å². The van der Waals surface area contributed by atoms with Crippen molar-refractivity contribution in [3.05, 3.63) is 39.9 Å². The van der Waals surface area contributed by atoms with Gasteiger partial charge in [0.05, 0.1) is 17.3 Å². The molecule has 0 aliphatic carbocycles. The van der Waals surface area contributed by atoms with E-state index in [2.05, 4.69) is 16.3 Å². The molecule has 0 fully saturated rings. The smallest absolute Gasteiger partial charge is 0.199 e. The van der Waals surface area contributed by atoms with Gasteiger partial charge in [0, 0.05) is 0 Å². The highest BCUT2D eigenvalue weighted by atomic mass is 32.1. The summed E-state index contributed by atoms with van der Waals surface area (Å²) in [4.78, 5) is 0. The molecule has 1 aromatic heterocycles. The van der Waals surface area contributed by atoms with E-state index in [0.29, 0.717) is 10.3 Å². The van der Waals surface area contributed by atoms with Crippen LogP contribution in [0.2, 0.25) is 0 Å². The van der Waals surface area contributed by atoms with Crippen LogP contribution in [0, 0.1) is 29.9 Å². The average molecular weight is 230 g/mol. The first-order chi connectivity index (χ1) is 7.63. The molecule has 80 valence electrons. The van der Waals surface area contributed by atoms with Gasteiger partial charge in [-0.15, -0.1) is 0 Å². The number of nitrogens with zero attached hydrogens (tertiary/aromatic N) is 3. The number of benzene rings is 1. The normalized spacial score (nSPS) is 10.1. The summed E-state index contributed by atoms with van der Waals surface area (Å²) in [7, 11) is 0. The van der Waals surface area contributed by atoms with Crippen LogP contribution in [0.1, 0.15) is 17.0 Å². The second-order valence-electron chi connectivity index (χ2n) is 3.52. The van der Waals surface area contributed by atoms with E-state index in [1.807, 2.05) is 30.5 Å². The van der Waals surface area contributed by atoms with Crippen molar-refractivity contribution >= 4 is 12.2 Å². The van der Waals surface area contributed by atoms with Crippen molar-refractivity contribution in [2.45, 2.75) is 13.8 Å². The zero-order valence-electron chi connectivity index (χ0n) is 8.98. The summed E-state index contributed by atoms with van der Waals surface area (Å²) in [6.45, 7) is 3.84. The van der Waals surface area contributed by atoms with Crippen molar-refractivity contribution in [1.82, 2.24) is 14.8 Å². The predicted molar refractivity (Wildman–Crippen MR) is 62.9 cm³/mol. The molecule has 0 amide bonds. The van der Waals surface area contributed by atoms with Crippen LogP contribution in [-0.4, -0.2) is 14.8 Å². The molecular weight excluding hydrogens is 220 g/mol. The molecule has 0 saturated heterocycles. The average Bonchev–Trinajstić information content (AvgIpc) is 2.60. The van der Waals surface area contributed by atoms with Crippen LogP contribution in [0.25, 0.3) is 5.69 Å². The maximum absolute atomic E-state index is 8.88. The lowest BCUT2D eigenvalue weighted by Gasteiger charge is -2.08. The second-order valence-corrected chi connectivity index (χ2v) is 3.91. The van der Waals surface area contributed by atoms with E-state index < -0.39 is 0 Å². The lowest BCUT2D eigenvalue weighted by molar-refractivity contribution is 0.953. The Morgan fingerprint density at radius 1 is 1.44 bits per heavy atom. The van der Waals surface area contributed by atoms with E-state index in [4.69, 9.17) is 17.5 Å². The van der Waals surface area contributed by atoms with E-state index in [-0.39, 0.29) is 0 Å². The topological polar surface area (TPSA) is 57.4 Å². The van der Waals surface area contributed by atoms with E-state index in [1.54, 1.807) is 6.07 Å². The molecule has 0 atom stereocenters. The van der Waals surface area contributed by atoms with E-state index >= 15 is 0 Å². The summed E-state index contributed by atoms with van der Waals surface area (Å²) in [5.74, 6) is 0.781. The van der Waals surface area contributed by atoms with Crippen molar-refractivity contribution in [2.75, 3.05) is 0 Å². The Kier molecular flexibility index (Phi) is 2.59. The largest absolute Gasteiger partial charge is 0.272 e. The first kappa shape index (κ1) is 10.6. The van der Waals surface area contributed by atoms with Crippen LogP contribution in [0.4, 0.5) is 0 Å². The third kappa shape index (κ3) is 1.64. The molecule has 0 bridgehead atoms. The molecule has 1 aromatic carbocycles. The van der Waals surface area contributed by atoms with Gasteiger partial charge >= 0.3 is 0 Å². The Morgan fingerprint density at radius 3 is 2.75 bits per heavy atom. The van der Waals surface area contributed by atoms with Gasteiger partial charge in [-0.05, 0) is 43.8 Å². The third-order valence-corrected chi connectivity index (χ3v) is 2.69. The molecule has 1 heterocycles. The summed E-state index contributed by atoms with van der Waals surface area (Å²) >= 11 is 5.16. The maximum atomic E-state index is 8.88. The fourth-order valence-corrected chi connectivity index (χ4v) is 1.86. The summed E-state index contributed by atoms with van der Waals surface area (Å²) in [6.07, 6.45) is 0. The van der Waals surface area contributed by atoms with Crippen molar-refractivity contribution in [3.8, 4) is 11.8 Å². The molecule has 0 unspecified atom stereocenters. The number of H-pyrrole nitrogens is 1. The highest BCUT2D eigenvalue weighted by Crippen LogP contribution is 2.17. The number of hydrogen-bond donors (Lipinski definition) is 1. The molecule has 16 heavy (non-hydrogen) atoms. The Morgan fingerprint density at radius 2 is 2.19 bits per heavy atom. The van der Waals surface area contributed by atoms with Gasteiger partial charge in [-0.2, -0.15) is 10.4 Å². The monoisotopic (exact) mass is 230 g/mol. The molecule has 5 heteroatoms. The van der Waals surface area contributed by atoms with Crippen LogP contribution in [0.5, 0.6) is 0 Å². The van der Waals surface area contributed by atoms with E-state index in [0.717, 1.165) is 17.1 Å². The van der Waals surface area contributed by atoms with Gasteiger partial charge < -0.3 is 0 Å². The molecule has 0 spiro atoms. The third-order valence-electron chi connectivity index (χ3n) is 2.42. The fraction of sp³-hybridized carbons (Fsp3) is 0.182. The minimum atomic E-state index is 0.538. The summed E-state index contributed by atoms with van der Waals surface area (Å²) in [5.41, 5.74) is 2.57. The minimum Gasteiger partial charge on any atom is -0.272 e. The molecule has 0 radical (unpaired) electrons. The standard InChI is InChI=1S/C11H10N4S/c1-7-3-4-9(6-12)5-10(7)15-8(2)13-14-11(15)16/h3-5H,1-2H3,(H,14,16). The molecule has 2 rings (SSSR count). The maximum Gasteiger partial charge on any atom is 0.199 e. The van der Waals surface area contributed by atoms with Gasteiger partial charge in [0.1, 0.15) is 5.82 Å². The lowest BCUT2D eigenvalue weighted by atomic mass is 10.1. The van der Waals surface area contributed by atoms with Gasteiger partial charge in [0.25, 0.3) is 0 Å². The first-order valence-corrected chi connectivity index (χ1v) is 5.19. The van der Waals surface area contributed by atoms with Gasteiger partial charge in [-0.25, -0.2) is 0 Å². The van der Waals surface area contributed by atoms with Crippen LogP contribution < -0.4 is 0 Å². The van der Waals surface area contributed by atoms with Crippen molar-refractivity contribution < 1.29 is 0 Å². The van der Waals surface area contributed by atoms with Gasteiger partial charge in [-0.1, -0.05) is 6.07 Å². The highest BCUT2D eigenvalue weighted by molar-refractivity contribution is 7.71. The molecule has 0 aliphatic rings. The number of hydrogen-bond acceptors (Lipinski definition) is 3.